The maximum atomic E-state index is 11.0. The van der Waals surface area contributed by atoms with Crippen LogP contribution in [0.25, 0.3) is 0 Å². The highest BCUT2D eigenvalue weighted by Gasteiger charge is 2.19. The van der Waals surface area contributed by atoms with Crippen LogP contribution in [0.15, 0.2) is 0 Å². The number of hydrogen-bond acceptors (Lipinski definition) is 3. The molecule has 0 aromatic heterocycles. The van der Waals surface area contributed by atoms with Gasteiger partial charge in [0.15, 0.2) is 0 Å². The topological polar surface area (TPSA) is 38.3 Å². The van der Waals surface area contributed by atoms with Gasteiger partial charge in [0.1, 0.15) is 0 Å². The van der Waals surface area contributed by atoms with E-state index >= 15 is 0 Å². The lowest BCUT2D eigenvalue weighted by Gasteiger charge is -2.22. The Morgan fingerprint density at radius 3 is 2.79 bits per heavy atom. The van der Waals surface area contributed by atoms with E-state index in [1.54, 1.807) is 0 Å². The number of rotatable bonds is 3. The molecule has 3 nitrogen and oxygen atoms in total. The first-order valence-corrected chi connectivity index (χ1v) is 5.54. The molecular weight excluding hydrogens is 178 g/mol. The summed E-state index contributed by atoms with van der Waals surface area (Å²) in [4.78, 5) is 11.0. The van der Waals surface area contributed by atoms with Gasteiger partial charge in [-0.1, -0.05) is 26.2 Å². The number of nitrogens with one attached hydrogen (secondary N) is 1. The zero-order chi connectivity index (χ0) is 10.4. The zero-order valence-electron chi connectivity index (χ0n) is 9.21. The number of carbonyl (C=O) groups is 1. The summed E-state index contributed by atoms with van der Waals surface area (Å²) in [5.74, 6) is 0.517. The Morgan fingerprint density at radius 1 is 1.36 bits per heavy atom. The SMILES string of the molecule is COC(=O)CNC1CCCCCC1C. The maximum Gasteiger partial charge on any atom is 0.319 e. The van der Waals surface area contributed by atoms with Crippen molar-refractivity contribution >= 4 is 5.97 Å². The lowest BCUT2D eigenvalue weighted by molar-refractivity contribution is -0.139. The molecule has 0 aromatic rings. The Kier molecular flexibility index (Phi) is 4.94. The first kappa shape index (κ1) is 11.5. The minimum absolute atomic E-state index is 0.165. The molecule has 0 heterocycles. The molecular formula is C11H21NO2. The van der Waals surface area contributed by atoms with Crippen molar-refractivity contribution < 1.29 is 9.53 Å². The van der Waals surface area contributed by atoms with E-state index in [0.717, 1.165) is 0 Å². The molecule has 0 saturated heterocycles. The first-order chi connectivity index (χ1) is 6.74. The van der Waals surface area contributed by atoms with Crippen molar-refractivity contribution in [3.63, 3.8) is 0 Å². The van der Waals surface area contributed by atoms with Gasteiger partial charge in [-0.15, -0.1) is 0 Å². The number of methoxy groups -OCH3 is 1. The number of esters is 1. The third-order valence-electron chi connectivity index (χ3n) is 3.10. The van der Waals surface area contributed by atoms with Gasteiger partial charge in [0.2, 0.25) is 0 Å². The largest absolute Gasteiger partial charge is 0.468 e. The average Bonchev–Trinajstić information content (AvgIpc) is 2.39. The normalized spacial score (nSPS) is 28.1. The van der Waals surface area contributed by atoms with Crippen LogP contribution >= 0.6 is 0 Å². The zero-order valence-corrected chi connectivity index (χ0v) is 9.21. The van der Waals surface area contributed by atoms with Gasteiger partial charge in [-0.25, -0.2) is 0 Å². The monoisotopic (exact) mass is 199 g/mol. The summed E-state index contributed by atoms with van der Waals surface area (Å²) in [6, 6.07) is 0.497. The second-order valence-electron chi connectivity index (χ2n) is 4.18. The van der Waals surface area contributed by atoms with Gasteiger partial charge >= 0.3 is 5.97 Å². The van der Waals surface area contributed by atoms with Crippen LogP contribution in [0, 0.1) is 5.92 Å². The fourth-order valence-corrected chi connectivity index (χ4v) is 2.08. The fraction of sp³-hybridized carbons (Fsp3) is 0.909. The summed E-state index contributed by atoms with van der Waals surface area (Å²) >= 11 is 0. The van der Waals surface area contributed by atoms with E-state index in [4.69, 9.17) is 0 Å². The van der Waals surface area contributed by atoms with Gasteiger partial charge in [0.05, 0.1) is 13.7 Å². The van der Waals surface area contributed by atoms with Gasteiger partial charge in [0.25, 0.3) is 0 Å². The molecule has 82 valence electrons. The molecule has 1 N–H and O–H groups in total. The van der Waals surface area contributed by atoms with Gasteiger partial charge in [-0.2, -0.15) is 0 Å². The summed E-state index contributed by atoms with van der Waals surface area (Å²) in [6.45, 7) is 2.62. The van der Waals surface area contributed by atoms with Crippen LogP contribution in [0.5, 0.6) is 0 Å². The van der Waals surface area contributed by atoms with Crippen molar-refractivity contribution in [1.29, 1.82) is 0 Å². The summed E-state index contributed by atoms with van der Waals surface area (Å²) in [7, 11) is 1.43. The molecule has 1 aliphatic carbocycles. The Bertz CT molecular complexity index is 182. The van der Waals surface area contributed by atoms with E-state index in [9.17, 15) is 4.79 Å². The van der Waals surface area contributed by atoms with E-state index in [1.165, 1.54) is 39.2 Å². The van der Waals surface area contributed by atoms with Gasteiger partial charge in [0, 0.05) is 6.04 Å². The minimum Gasteiger partial charge on any atom is -0.468 e. The molecule has 2 unspecified atom stereocenters. The van der Waals surface area contributed by atoms with Crippen LogP contribution in [0.1, 0.15) is 39.0 Å². The van der Waals surface area contributed by atoms with Crippen molar-refractivity contribution in [2.75, 3.05) is 13.7 Å². The molecule has 1 aliphatic rings. The number of ether oxygens (including phenoxy) is 1. The van der Waals surface area contributed by atoms with Crippen molar-refractivity contribution in [2.24, 2.45) is 5.92 Å². The summed E-state index contributed by atoms with van der Waals surface area (Å²) in [5.41, 5.74) is 0. The Hall–Kier alpha value is -0.570. The van der Waals surface area contributed by atoms with Crippen molar-refractivity contribution in [2.45, 2.75) is 45.1 Å². The second-order valence-corrected chi connectivity index (χ2v) is 4.18. The van der Waals surface area contributed by atoms with Gasteiger partial charge in [-0.05, 0) is 18.8 Å². The summed E-state index contributed by atoms with van der Waals surface area (Å²) in [6.07, 6.45) is 6.42. The molecule has 3 heteroatoms. The molecule has 0 spiro atoms. The molecule has 0 amide bonds. The highest BCUT2D eigenvalue weighted by Crippen LogP contribution is 2.22. The Morgan fingerprint density at radius 2 is 2.07 bits per heavy atom. The fourth-order valence-electron chi connectivity index (χ4n) is 2.08. The van der Waals surface area contributed by atoms with E-state index in [2.05, 4.69) is 17.0 Å². The van der Waals surface area contributed by atoms with Crippen molar-refractivity contribution in [3.8, 4) is 0 Å². The number of carbonyl (C=O) groups excluding carboxylic acids is 1. The third-order valence-corrected chi connectivity index (χ3v) is 3.10. The van der Waals surface area contributed by atoms with E-state index in [0.29, 0.717) is 18.5 Å². The predicted molar refractivity (Wildman–Crippen MR) is 56.1 cm³/mol. The van der Waals surface area contributed by atoms with E-state index < -0.39 is 0 Å². The van der Waals surface area contributed by atoms with Crippen molar-refractivity contribution in [1.82, 2.24) is 5.32 Å². The predicted octanol–water partition coefficient (Wildman–Crippen LogP) is 1.72. The average molecular weight is 199 g/mol. The quantitative estimate of drug-likeness (QED) is 0.555. The smallest absolute Gasteiger partial charge is 0.319 e. The Labute approximate surface area is 86.2 Å². The summed E-state index contributed by atoms with van der Waals surface area (Å²) in [5, 5.41) is 3.29. The molecule has 0 radical (unpaired) electrons. The molecule has 1 fully saturated rings. The standard InChI is InChI=1S/C11H21NO2/c1-9-6-4-3-5-7-10(9)12-8-11(13)14-2/h9-10,12H,3-8H2,1-2H3. The van der Waals surface area contributed by atoms with Crippen LogP contribution in [0.3, 0.4) is 0 Å². The molecule has 1 saturated carbocycles. The van der Waals surface area contributed by atoms with Crippen LogP contribution < -0.4 is 5.32 Å². The van der Waals surface area contributed by atoms with E-state index in [-0.39, 0.29) is 5.97 Å². The maximum absolute atomic E-state index is 11.0. The van der Waals surface area contributed by atoms with Gasteiger partial charge in [-0.3, -0.25) is 4.79 Å². The molecule has 0 aromatic carbocycles. The highest BCUT2D eigenvalue weighted by atomic mass is 16.5. The van der Waals surface area contributed by atoms with Crippen LogP contribution in [0.4, 0.5) is 0 Å². The molecule has 1 rings (SSSR count). The van der Waals surface area contributed by atoms with Crippen LogP contribution in [0.2, 0.25) is 0 Å². The van der Waals surface area contributed by atoms with E-state index in [1.807, 2.05) is 0 Å². The highest BCUT2D eigenvalue weighted by molar-refractivity contribution is 5.71. The molecule has 2 atom stereocenters. The third kappa shape index (κ3) is 3.66. The van der Waals surface area contributed by atoms with Crippen LogP contribution in [-0.4, -0.2) is 25.7 Å². The molecule has 14 heavy (non-hydrogen) atoms. The number of hydrogen-bond donors (Lipinski definition) is 1. The summed E-state index contributed by atoms with van der Waals surface area (Å²) < 4.78 is 4.61. The van der Waals surface area contributed by atoms with Crippen LogP contribution in [-0.2, 0) is 9.53 Å². The Balaban J connectivity index is 2.29. The second kappa shape index (κ2) is 6.02. The lowest BCUT2D eigenvalue weighted by atomic mass is 9.97. The molecule has 0 aliphatic heterocycles. The van der Waals surface area contributed by atoms with Gasteiger partial charge < -0.3 is 10.1 Å². The first-order valence-electron chi connectivity index (χ1n) is 5.54. The lowest BCUT2D eigenvalue weighted by Crippen LogP contribution is -2.38. The molecule has 0 bridgehead atoms. The minimum atomic E-state index is -0.165. The van der Waals surface area contributed by atoms with Crippen molar-refractivity contribution in [3.05, 3.63) is 0 Å².